The normalized spacial score (nSPS) is 21.8. The molecule has 1 aromatic heterocycles. The lowest BCUT2D eigenvalue weighted by Crippen LogP contribution is -2.29. The number of carbonyl (C=O) groups excluding carboxylic acids is 1. The van der Waals surface area contributed by atoms with Gasteiger partial charge in [-0.3, -0.25) is 13.9 Å². The number of esters is 1. The van der Waals surface area contributed by atoms with E-state index in [1.54, 1.807) is 38.1 Å². The standard InChI is InChI=1S/C21H29N4O7PS/c1-14(2)30-19(26)12-23-33(28,34-32-16-7-5-4-6-8-16)29-13-17-11-15(3)20(31-17)25-10-9-18(22)24-21(25)27/h4-10,14-15,17,20H,11-13H2,1-3H3,(H,23,28)(H2,22,24,27). The van der Waals surface area contributed by atoms with E-state index in [1.807, 2.05) is 13.0 Å². The van der Waals surface area contributed by atoms with Crippen molar-refractivity contribution in [2.45, 2.75) is 45.6 Å². The summed E-state index contributed by atoms with van der Waals surface area (Å²) in [6, 6.07) is 10.3. The number of hydrogen-bond donors (Lipinski definition) is 2. The molecule has 11 nitrogen and oxygen atoms in total. The van der Waals surface area contributed by atoms with Crippen LogP contribution in [0, 0.1) is 5.92 Å². The van der Waals surface area contributed by atoms with Crippen LogP contribution in [0.2, 0.25) is 0 Å². The van der Waals surface area contributed by atoms with Crippen LogP contribution in [0.1, 0.15) is 33.4 Å². The number of rotatable bonds is 11. The molecule has 186 valence electrons. The SMILES string of the molecule is CC(C)OC(=O)CNP(=O)(OCC1CC(C)C(n2ccc(N)nc2=O)O1)SOc1ccccc1. The molecule has 0 bridgehead atoms. The van der Waals surface area contributed by atoms with E-state index in [-0.39, 0.29) is 31.0 Å². The highest BCUT2D eigenvalue weighted by Crippen LogP contribution is 2.56. The number of nitrogens with one attached hydrogen (secondary N) is 1. The highest BCUT2D eigenvalue weighted by molar-refractivity contribution is 8.53. The number of benzene rings is 1. The number of nitrogens with two attached hydrogens (primary N) is 1. The molecule has 3 N–H and O–H groups in total. The minimum atomic E-state index is -3.70. The molecule has 1 aromatic carbocycles. The summed E-state index contributed by atoms with van der Waals surface area (Å²) in [5.74, 6) is 0.00705. The fourth-order valence-electron chi connectivity index (χ4n) is 3.29. The van der Waals surface area contributed by atoms with E-state index in [2.05, 4.69) is 10.1 Å². The number of carbonyl (C=O) groups is 1. The maximum atomic E-state index is 13.4. The smallest absolute Gasteiger partial charge is 0.365 e. The Balaban J connectivity index is 1.63. The Hall–Kier alpha value is -2.37. The average Bonchev–Trinajstić information content (AvgIpc) is 3.16. The molecule has 0 aliphatic carbocycles. The van der Waals surface area contributed by atoms with E-state index in [9.17, 15) is 14.2 Å². The average molecular weight is 513 g/mol. The van der Waals surface area contributed by atoms with Crippen molar-refractivity contribution in [3.8, 4) is 5.75 Å². The Morgan fingerprint density at radius 2 is 2.09 bits per heavy atom. The van der Waals surface area contributed by atoms with Crippen molar-refractivity contribution in [1.82, 2.24) is 14.6 Å². The summed E-state index contributed by atoms with van der Waals surface area (Å²) in [6.07, 6.45) is 0.779. The molecule has 13 heteroatoms. The molecule has 1 fully saturated rings. The van der Waals surface area contributed by atoms with Gasteiger partial charge in [-0.25, -0.2) is 9.88 Å². The van der Waals surface area contributed by atoms with Gasteiger partial charge in [0.15, 0.2) is 11.7 Å². The first kappa shape index (κ1) is 26.2. The number of anilines is 1. The van der Waals surface area contributed by atoms with Crippen LogP contribution in [0.3, 0.4) is 0 Å². The minimum absolute atomic E-state index is 0.0293. The molecule has 1 aliphatic rings. The largest absolute Gasteiger partial charge is 0.462 e. The Bertz CT molecular complexity index is 1070. The van der Waals surface area contributed by atoms with Crippen LogP contribution in [-0.4, -0.2) is 40.9 Å². The molecule has 0 amide bonds. The van der Waals surface area contributed by atoms with Crippen molar-refractivity contribution in [1.29, 1.82) is 0 Å². The van der Waals surface area contributed by atoms with Crippen LogP contribution in [0.15, 0.2) is 47.4 Å². The third kappa shape index (κ3) is 7.57. The second-order valence-corrected chi connectivity index (χ2v) is 11.8. The van der Waals surface area contributed by atoms with E-state index < -0.39 is 30.7 Å². The summed E-state index contributed by atoms with van der Waals surface area (Å²) in [5, 5.41) is 2.63. The quantitative estimate of drug-likeness (QED) is 0.260. The fourth-order valence-corrected chi connectivity index (χ4v) is 5.68. The molecule has 3 rings (SSSR count). The van der Waals surface area contributed by atoms with Crippen molar-refractivity contribution >= 4 is 30.2 Å². The summed E-state index contributed by atoms with van der Waals surface area (Å²) in [6.45, 7) is 1.31. The summed E-state index contributed by atoms with van der Waals surface area (Å²) in [5.41, 5.74) is 5.05. The second-order valence-electron chi connectivity index (χ2n) is 8.04. The lowest BCUT2D eigenvalue weighted by atomic mass is 10.1. The number of ether oxygens (including phenoxy) is 2. The van der Waals surface area contributed by atoms with Crippen molar-refractivity contribution < 1.29 is 27.5 Å². The molecular formula is C21H29N4O7PS. The molecular weight excluding hydrogens is 483 g/mol. The first-order valence-electron chi connectivity index (χ1n) is 10.8. The third-order valence-electron chi connectivity index (χ3n) is 4.77. The van der Waals surface area contributed by atoms with Crippen LogP contribution in [0.5, 0.6) is 5.75 Å². The maximum Gasteiger partial charge on any atom is 0.365 e. The molecule has 4 unspecified atom stereocenters. The molecule has 0 saturated carbocycles. The zero-order valence-corrected chi connectivity index (χ0v) is 20.9. The molecule has 2 aromatic rings. The maximum absolute atomic E-state index is 13.4. The van der Waals surface area contributed by atoms with Crippen LogP contribution in [0.25, 0.3) is 0 Å². The fraction of sp³-hybridized carbons (Fsp3) is 0.476. The molecule has 1 saturated heterocycles. The van der Waals surface area contributed by atoms with Gasteiger partial charge in [-0.15, -0.1) is 0 Å². The summed E-state index contributed by atoms with van der Waals surface area (Å²) < 4.78 is 37.1. The number of para-hydroxylation sites is 1. The van der Waals surface area contributed by atoms with E-state index in [0.717, 1.165) is 0 Å². The predicted octanol–water partition coefficient (Wildman–Crippen LogP) is 3.14. The van der Waals surface area contributed by atoms with Crippen LogP contribution >= 0.6 is 18.4 Å². The van der Waals surface area contributed by atoms with Gasteiger partial charge in [-0.05, 0) is 38.5 Å². The first-order valence-corrected chi connectivity index (χ1v) is 13.7. The van der Waals surface area contributed by atoms with E-state index in [0.29, 0.717) is 23.8 Å². The van der Waals surface area contributed by atoms with E-state index in [4.69, 9.17) is 23.9 Å². The number of aromatic nitrogens is 2. The van der Waals surface area contributed by atoms with Crippen LogP contribution < -0.4 is 20.7 Å². The van der Waals surface area contributed by atoms with Gasteiger partial charge in [0, 0.05) is 12.1 Å². The molecule has 2 heterocycles. The monoisotopic (exact) mass is 512 g/mol. The van der Waals surface area contributed by atoms with Gasteiger partial charge in [-0.2, -0.15) is 4.98 Å². The topological polar surface area (TPSA) is 144 Å². The van der Waals surface area contributed by atoms with Crippen molar-refractivity contribution in [3.05, 3.63) is 53.1 Å². The summed E-state index contributed by atoms with van der Waals surface area (Å²) in [7, 11) is 0. The second kappa shape index (κ2) is 11.9. The summed E-state index contributed by atoms with van der Waals surface area (Å²) >= 11 is 0.603. The Kier molecular flexibility index (Phi) is 9.15. The molecule has 1 aliphatic heterocycles. The Labute approximate surface area is 201 Å². The molecule has 4 atom stereocenters. The molecule has 0 radical (unpaired) electrons. The van der Waals surface area contributed by atoms with Gasteiger partial charge in [0.25, 0.3) is 0 Å². The van der Waals surface area contributed by atoms with Crippen molar-refractivity contribution in [3.63, 3.8) is 0 Å². The van der Waals surface area contributed by atoms with Gasteiger partial charge in [0.2, 0.25) is 0 Å². The third-order valence-corrected chi connectivity index (χ3v) is 7.78. The highest BCUT2D eigenvalue weighted by atomic mass is 32.7. The van der Waals surface area contributed by atoms with Gasteiger partial charge in [0.05, 0.1) is 18.8 Å². The van der Waals surface area contributed by atoms with Crippen molar-refractivity contribution in [2.75, 3.05) is 18.9 Å². The van der Waals surface area contributed by atoms with Gasteiger partial charge < -0.3 is 23.9 Å². The zero-order valence-electron chi connectivity index (χ0n) is 19.2. The lowest BCUT2D eigenvalue weighted by Gasteiger charge is -2.21. The first-order chi connectivity index (χ1) is 16.1. The summed E-state index contributed by atoms with van der Waals surface area (Å²) in [4.78, 5) is 27.9. The predicted molar refractivity (Wildman–Crippen MR) is 128 cm³/mol. The number of nitrogens with zero attached hydrogens (tertiary/aromatic N) is 2. The Morgan fingerprint density at radius 3 is 2.76 bits per heavy atom. The zero-order chi connectivity index (χ0) is 24.7. The van der Waals surface area contributed by atoms with Gasteiger partial charge in [0.1, 0.15) is 24.3 Å². The van der Waals surface area contributed by atoms with Crippen molar-refractivity contribution in [2.24, 2.45) is 5.92 Å². The van der Waals surface area contributed by atoms with Crippen LogP contribution in [0.4, 0.5) is 5.82 Å². The molecule has 34 heavy (non-hydrogen) atoms. The highest BCUT2D eigenvalue weighted by Gasteiger charge is 2.37. The number of hydrogen-bond acceptors (Lipinski definition) is 10. The lowest BCUT2D eigenvalue weighted by molar-refractivity contribution is -0.145. The number of nitrogen functional groups attached to an aromatic ring is 1. The van der Waals surface area contributed by atoms with Crippen LogP contribution in [-0.2, 0) is 23.4 Å². The minimum Gasteiger partial charge on any atom is -0.462 e. The Morgan fingerprint density at radius 1 is 1.35 bits per heavy atom. The van der Waals surface area contributed by atoms with Gasteiger partial charge >= 0.3 is 18.4 Å². The van der Waals surface area contributed by atoms with E-state index >= 15 is 0 Å². The van der Waals surface area contributed by atoms with Gasteiger partial charge in [-0.1, -0.05) is 25.1 Å². The van der Waals surface area contributed by atoms with E-state index in [1.165, 1.54) is 16.8 Å². The molecule has 0 spiro atoms.